The number of cyclic esters (lactones) is 1. The minimum Gasteiger partial charge on any atom is -0.434 e. The molecule has 1 saturated heterocycles. The van der Waals surface area contributed by atoms with Crippen molar-refractivity contribution in [2.24, 2.45) is 35.1 Å². The molecule has 2 aliphatic carbocycles. The summed E-state index contributed by atoms with van der Waals surface area (Å²) >= 11 is 0. The molecule has 2 saturated carbocycles. The molecule has 4 aliphatic rings. The lowest BCUT2D eigenvalue weighted by Crippen LogP contribution is -2.65. The molecule has 2 amide bonds. The van der Waals surface area contributed by atoms with E-state index in [1.165, 1.54) is 0 Å². The van der Waals surface area contributed by atoms with Crippen LogP contribution in [0.15, 0.2) is 24.3 Å². The molecule has 4 atom stereocenters. The third kappa shape index (κ3) is 5.25. The third-order valence-corrected chi connectivity index (χ3v) is 11.3. The smallest absolute Gasteiger partial charge is 0.357 e. The van der Waals surface area contributed by atoms with Crippen molar-refractivity contribution < 1.29 is 28.2 Å². The Hall–Kier alpha value is -2.53. The topological polar surface area (TPSA) is 127 Å². The van der Waals surface area contributed by atoms with Gasteiger partial charge < -0.3 is 20.9 Å². The molecule has 1 aromatic carbocycles. The Morgan fingerprint density at radius 3 is 2.39 bits per heavy atom. The second-order valence-corrected chi connectivity index (χ2v) is 13.9. The Morgan fingerprint density at radius 2 is 1.77 bits per heavy atom. The first-order chi connectivity index (χ1) is 20.5. The van der Waals surface area contributed by atoms with Crippen molar-refractivity contribution in [3.8, 4) is 0 Å². The quantitative estimate of drug-likeness (QED) is 0.328. The molecular weight excluding hydrogens is 587 g/mol. The summed E-state index contributed by atoms with van der Waals surface area (Å²) in [5.41, 5.74) is 13.5. The molecule has 242 valence electrons. The maximum atomic E-state index is 14.9. The first kappa shape index (κ1) is 32.9. The van der Waals surface area contributed by atoms with Crippen LogP contribution in [-0.2, 0) is 24.8 Å². The van der Waals surface area contributed by atoms with E-state index in [4.69, 9.17) is 20.9 Å². The van der Waals surface area contributed by atoms with Crippen LogP contribution >= 0.6 is 12.4 Å². The first-order valence-electron chi connectivity index (χ1n) is 16.0. The van der Waals surface area contributed by atoms with E-state index < -0.39 is 30.4 Å². The van der Waals surface area contributed by atoms with Crippen molar-refractivity contribution >= 4 is 46.8 Å². The molecule has 44 heavy (non-hydrogen) atoms. The van der Waals surface area contributed by atoms with Gasteiger partial charge in [-0.3, -0.25) is 9.36 Å². The molecule has 2 aliphatic heterocycles. The Bertz CT molecular complexity index is 1410. The summed E-state index contributed by atoms with van der Waals surface area (Å²) in [5.74, 6) is -0.742. The van der Waals surface area contributed by atoms with E-state index in [-0.39, 0.29) is 58.5 Å². The van der Waals surface area contributed by atoms with Crippen molar-refractivity contribution in [1.29, 1.82) is 0 Å². The van der Waals surface area contributed by atoms with Gasteiger partial charge in [0.1, 0.15) is 18.1 Å². The van der Waals surface area contributed by atoms with Crippen LogP contribution in [-0.4, -0.2) is 60.9 Å². The molecule has 2 aromatic rings. The van der Waals surface area contributed by atoms with Gasteiger partial charge in [-0.15, -0.1) is 12.4 Å². The number of likely N-dealkylation sites (tertiary alicyclic amines) is 1. The van der Waals surface area contributed by atoms with Crippen LogP contribution in [0, 0.1) is 23.7 Å². The lowest BCUT2D eigenvalue weighted by atomic mass is 9.75. The third-order valence-electron chi connectivity index (χ3n) is 11.3. The van der Waals surface area contributed by atoms with Gasteiger partial charge in [-0.2, -0.15) is 0 Å². The molecule has 4 N–H and O–H groups in total. The predicted molar refractivity (Wildman–Crippen MR) is 169 cm³/mol. The second kappa shape index (κ2) is 12.3. The van der Waals surface area contributed by atoms with Crippen molar-refractivity contribution in [1.82, 2.24) is 9.05 Å². The van der Waals surface area contributed by atoms with Gasteiger partial charge in [0, 0.05) is 43.0 Å². The van der Waals surface area contributed by atoms with Gasteiger partial charge in [0.05, 0.1) is 24.1 Å². The number of nitrogens with zero attached hydrogens (tertiary/aromatic N) is 2. The van der Waals surface area contributed by atoms with Crippen molar-refractivity contribution in [2.45, 2.75) is 95.5 Å². The van der Waals surface area contributed by atoms with Crippen molar-refractivity contribution in [2.75, 3.05) is 20.3 Å². The summed E-state index contributed by atoms with van der Waals surface area (Å²) in [5, 5.41) is 0.826. The van der Waals surface area contributed by atoms with Crippen LogP contribution < -0.4 is 16.0 Å². The highest BCUT2D eigenvalue weighted by Crippen LogP contribution is 2.48. The molecule has 1 aromatic heterocycles. The number of ether oxygens (including phenoxy) is 2. The van der Waals surface area contributed by atoms with Crippen LogP contribution in [0.5, 0.6) is 0 Å². The summed E-state index contributed by atoms with van der Waals surface area (Å²) in [6.07, 6.45) is 7.33. The number of aromatic nitrogens is 1. The fourth-order valence-electron chi connectivity index (χ4n) is 9.07. The van der Waals surface area contributed by atoms with Gasteiger partial charge in [0.25, 0.3) is 5.91 Å². The number of amides is 2. The number of carbonyl (C=O) groups is 3. The van der Waals surface area contributed by atoms with Crippen molar-refractivity contribution in [3.63, 3.8) is 0 Å². The van der Waals surface area contributed by atoms with E-state index in [2.05, 4.69) is 0 Å². The number of benzene rings is 1. The summed E-state index contributed by atoms with van der Waals surface area (Å²) in [7, 11) is 1.75. The van der Waals surface area contributed by atoms with E-state index >= 15 is 0 Å². The number of fused-ring (bicyclic) bond motifs is 3. The number of nitrogens with two attached hydrogens (primary N) is 2. The van der Waals surface area contributed by atoms with Crippen LogP contribution in [0.1, 0.15) is 82.1 Å². The Kier molecular flexibility index (Phi) is 9.22. The molecule has 3 fully saturated rings. The van der Waals surface area contributed by atoms with Gasteiger partial charge in [-0.05, 0) is 89.2 Å². The average molecular weight is 634 g/mol. The second-order valence-electron chi connectivity index (χ2n) is 13.9. The first-order valence-corrected chi connectivity index (χ1v) is 16.0. The van der Waals surface area contributed by atoms with Crippen LogP contribution in [0.2, 0.25) is 0 Å². The highest BCUT2D eigenvalue weighted by atomic mass is 35.5. The zero-order chi connectivity index (χ0) is 30.7. The van der Waals surface area contributed by atoms with E-state index in [9.17, 15) is 18.8 Å². The maximum Gasteiger partial charge on any atom is 0.357 e. The predicted octanol–water partition coefficient (Wildman–Crippen LogP) is 4.94. The number of esters is 1. The van der Waals surface area contributed by atoms with Crippen LogP contribution in [0.3, 0.4) is 0 Å². The molecule has 11 heteroatoms. The minimum atomic E-state index is -0.827. The molecule has 3 heterocycles. The zero-order valence-corrected chi connectivity index (χ0v) is 26.8. The molecule has 0 bridgehead atoms. The molecule has 0 spiro atoms. The molecular formula is C33H47ClFN4O5+. The van der Waals surface area contributed by atoms with E-state index in [1.54, 1.807) is 7.11 Å². The number of hydrogen-bond acceptors (Lipinski definition) is 6. The van der Waals surface area contributed by atoms with Gasteiger partial charge >= 0.3 is 11.9 Å². The summed E-state index contributed by atoms with van der Waals surface area (Å²) in [6, 6.07) is 6.49. The lowest BCUT2D eigenvalue weighted by Gasteiger charge is -2.42. The minimum absolute atomic E-state index is 0. The molecule has 9 nitrogen and oxygen atoms in total. The number of carbonyl (C=O) groups excluding carboxylic acids is 3. The highest BCUT2D eigenvalue weighted by Gasteiger charge is 2.61. The Balaban J connectivity index is 0.00000384. The molecule has 0 radical (unpaired) electrons. The monoisotopic (exact) mass is 633 g/mol. The average Bonchev–Trinajstić information content (AvgIpc) is 3.66. The maximum absolute atomic E-state index is 14.9. The molecule has 6 rings (SSSR count). The summed E-state index contributed by atoms with van der Waals surface area (Å²) in [4.78, 5) is 41.1. The van der Waals surface area contributed by atoms with Gasteiger partial charge in [-0.1, -0.05) is 0 Å². The number of primary amides is 1. The fourth-order valence-corrected chi connectivity index (χ4v) is 9.07. The summed E-state index contributed by atoms with van der Waals surface area (Å²) in [6.45, 7) is 3.64. The van der Waals surface area contributed by atoms with Gasteiger partial charge in [-0.25, -0.2) is 18.5 Å². The van der Waals surface area contributed by atoms with E-state index in [0.29, 0.717) is 37.9 Å². The van der Waals surface area contributed by atoms with E-state index in [1.807, 2.05) is 42.7 Å². The van der Waals surface area contributed by atoms with Crippen LogP contribution in [0.4, 0.5) is 10.1 Å². The molecule has 0 unspecified atom stereocenters. The van der Waals surface area contributed by atoms with Gasteiger partial charge in [0.15, 0.2) is 11.8 Å². The van der Waals surface area contributed by atoms with Crippen LogP contribution in [0.25, 0.3) is 10.9 Å². The highest BCUT2D eigenvalue weighted by molar-refractivity contribution is 6.02. The number of quaternary nitrogens is 1. The lowest BCUT2D eigenvalue weighted by molar-refractivity contribution is -0.142. The number of hydrogen-bond donors (Lipinski definition) is 2. The standard InChI is InChI=1S/C33H45FN4O5.ClH/c1-33(2)37-27-13-10-23(16-22(27)17-28(37)32(41)43-33)38(31(40)21-6-4-20(5-7-21)26(35)18-34)15-14-25(29(38)30(36)39)19-8-11-24(42-3)12-9-19;/h10,13,16-17,19-21,24-26,29H,4-9,11-12,14-15,18,35H2,1-3H3,(H-,36,39);1H/p+1/t19?,20-,21-,24?,25-,26+,29-,38+;/m0./s1. The largest absolute Gasteiger partial charge is 0.434 e. The number of rotatable bonds is 7. The fraction of sp³-hybridized carbons (Fsp3) is 0.667. The number of halogens is 2. The summed E-state index contributed by atoms with van der Waals surface area (Å²) < 4.78 is 26.3. The number of alkyl halides is 1. The Labute approximate surface area is 264 Å². The van der Waals surface area contributed by atoms with Gasteiger partial charge in [0.2, 0.25) is 0 Å². The van der Waals surface area contributed by atoms with E-state index in [0.717, 1.165) is 48.7 Å². The Morgan fingerprint density at radius 1 is 1.09 bits per heavy atom. The SMILES string of the molecule is COC1CCC([C@@H]2CC[N@+](c3ccc4c(c3)cc3n4C(C)(C)OC3=O)(C(=O)[C@H]3CC[C@H]([C@H](N)CF)CC3)[C@@H]2C(N)=O)CC1.Cl. The normalized spacial score (nSPS) is 33.8. The van der Waals surface area contributed by atoms with Crippen molar-refractivity contribution in [3.05, 3.63) is 30.0 Å². The zero-order valence-electron chi connectivity index (χ0n) is 26.0. The number of methoxy groups -OCH3 is 1.